The molecule has 1 rings (SSSR count). The highest BCUT2D eigenvalue weighted by atomic mass is 35.5. The second-order valence-corrected chi connectivity index (χ2v) is 4.57. The number of hydrogen-bond acceptors (Lipinski definition) is 3. The van der Waals surface area contributed by atoms with Crippen molar-refractivity contribution in [1.82, 2.24) is 5.32 Å². The van der Waals surface area contributed by atoms with E-state index in [1.807, 2.05) is 18.4 Å². The monoisotopic (exact) mass is 262 g/mol. The Morgan fingerprint density at radius 3 is 2.88 bits per heavy atom. The van der Waals surface area contributed by atoms with Crippen LogP contribution in [0.25, 0.3) is 0 Å². The largest absolute Gasteiger partial charge is 0.351 e. The summed E-state index contributed by atoms with van der Waals surface area (Å²) in [4.78, 5) is 12.6. The van der Waals surface area contributed by atoms with Crippen LogP contribution in [-0.2, 0) is 6.42 Å². The number of nitrogens with one attached hydrogen (secondary N) is 1. The zero-order valence-electron chi connectivity index (χ0n) is 9.66. The second kappa shape index (κ2) is 7.65. The van der Waals surface area contributed by atoms with Crippen molar-refractivity contribution in [1.29, 1.82) is 0 Å². The molecule has 1 aromatic heterocycles. The average Bonchev–Trinajstić information content (AvgIpc) is 2.64. The van der Waals surface area contributed by atoms with Gasteiger partial charge in [-0.05, 0) is 36.8 Å². The molecule has 1 unspecified atom stereocenters. The molecular formula is C11H19ClN2OS. The van der Waals surface area contributed by atoms with E-state index in [0.29, 0.717) is 6.54 Å². The van der Waals surface area contributed by atoms with E-state index in [9.17, 15) is 4.79 Å². The van der Waals surface area contributed by atoms with E-state index in [4.69, 9.17) is 5.73 Å². The molecule has 16 heavy (non-hydrogen) atoms. The Morgan fingerprint density at radius 1 is 1.62 bits per heavy atom. The molecule has 0 bridgehead atoms. The number of aryl methyl sites for hydroxylation is 1. The summed E-state index contributed by atoms with van der Waals surface area (Å²) in [5, 5.41) is 4.84. The van der Waals surface area contributed by atoms with Crippen LogP contribution in [0.15, 0.2) is 11.4 Å². The Balaban J connectivity index is 0.00000225. The molecule has 0 saturated carbocycles. The number of amides is 1. The van der Waals surface area contributed by atoms with Gasteiger partial charge in [0, 0.05) is 12.6 Å². The van der Waals surface area contributed by atoms with Crippen molar-refractivity contribution in [2.45, 2.75) is 32.7 Å². The third-order valence-electron chi connectivity index (χ3n) is 2.22. The summed E-state index contributed by atoms with van der Waals surface area (Å²) in [6.45, 7) is 4.65. The number of hydrogen-bond donors (Lipinski definition) is 2. The van der Waals surface area contributed by atoms with E-state index in [-0.39, 0.29) is 24.4 Å². The highest BCUT2D eigenvalue weighted by Gasteiger charge is 2.11. The lowest BCUT2D eigenvalue weighted by atomic mass is 10.2. The van der Waals surface area contributed by atoms with Gasteiger partial charge in [-0.1, -0.05) is 6.92 Å². The predicted octanol–water partition coefficient (Wildman–Crippen LogP) is 2.20. The molecular weight excluding hydrogens is 244 g/mol. The molecule has 5 heteroatoms. The lowest BCUT2D eigenvalue weighted by Gasteiger charge is -2.07. The van der Waals surface area contributed by atoms with Gasteiger partial charge in [-0.2, -0.15) is 0 Å². The van der Waals surface area contributed by atoms with Gasteiger partial charge in [-0.3, -0.25) is 4.79 Å². The third kappa shape index (κ3) is 4.51. The average molecular weight is 263 g/mol. The molecule has 0 aliphatic carbocycles. The van der Waals surface area contributed by atoms with E-state index in [1.165, 1.54) is 11.3 Å². The van der Waals surface area contributed by atoms with Gasteiger partial charge in [-0.25, -0.2) is 0 Å². The van der Waals surface area contributed by atoms with Crippen LogP contribution in [0.3, 0.4) is 0 Å². The van der Waals surface area contributed by atoms with Crippen molar-refractivity contribution in [2.24, 2.45) is 5.73 Å². The van der Waals surface area contributed by atoms with Crippen LogP contribution < -0.4 is 11.1 Å². The van der Waals surface area contributed by atoms with Crippen molar-refractivity contribution in [3.05, 3.63) is 21.9 Å². The minimum atomic E-state index is 0. The quantitative estimate of drug-likeness (QED) is 0.855. The topological polar surface area (TPSA) is 55.1 Å². The number of rotatable bonds is 5. The maximum atomic E-state index is 11.7. The predicted molar refractivity (Wildman–Crippen MR) is 71.5 cm³/mol. The van der Waals surface area contributed by atoms with Crippen LogP contribution in [0.5, 0.6) is 0 Å². The molecule has 0 fully saturated rings. The van der Waals surface area contributed by atoms with Gasteiger partial charge < -0.3 is 11.1 Å². The number of carbonyl (C=O) groups excluding carboxylic acids is 1. The summed E-state index contributed by atoms with van der Waals surface area (Å²) in [6, 6.07) is 2.14. The Bertz CT molecular complexity index is 326. The van der Waals surface area contributed by atoms with Crippen LogP contribution in [0.4, 0.5) is 0 Å². The van der Waals surface area contributed by atoms with Crippen LogP contribution >= 0.6 is 23.7 Å². The Labute approximate surface area is 107 Å². The fourth-order valence-corrected chi connectivity index (χ4v) is 2.22. The molecule has 0 radical (unpaired) electrons. The Morgan fingerprint density at radius 2 is 2.31 bits per heavy atom. The van der Waals surface area contributed by atoms with Crippen LogP contribution in [0.2, 0.25) is 0 Å². The van der Waals surface area contributed by atoms with E-state index in [1.54, 1.807) is 0 Å². The Kier molecular flexibility index (Phi) is 7.38. The minimum absolute atomic E-state index is 0. The van der Waals surface area contributed by atoms with E-state index in [0.717, 1.165) is 23.3 Å². The van der Waals surface area contributed by atoms with Crippen molar-refractivity contribution in [3.8, 4) is 0 Å². The van der Waals surface area contributed by atoms with Crippen LogP contribution in [0, 0.1) is 0 Å². The molecule has 1 amide bonds. The third-order valence-corrected chi connectivity index (χ3v) is 3.17. The van der Waals surface area contributed by atoms with Crippen molar-refractivity contribution in [2.75, 3.05) is 6.54 Å². The van der Waals surface area contributed by atoms with Gasteiger partial charge in [-0.15, -0.1) is 23.7 Å². The smallest absolute Gasteiger partial charge is 0.261 e. The summed E-state index contributed by atoms with van der Waals surface area (Å²) in [5.74, 6) is 0.0301. The zero-order valence-corrected chi connectivity index (χ0v) is 11.3. The van der Waals surface area contributed by atoms with Gasteiger partial charge in [0.05, 0.1) is 4.88 Å². The number of nitrogens with two attached hydrogens (primary N) is 1. The molecule has 1 aromatic rings. The SMILES string of the molecule is CCc1ccsc1C(=O)NCCC(C)N.Cl. The van der Waals surface area contributed by atoms with Gasteiger partial charge in [0.1, 0.15) is 0 Å². The molecule has 0 aromatic carbocycles. The second-order valence-electron chi connectivity index (χ2n) is 3.65. The van der Waals surface area contributed by atoms with E-state index in [2.05, 4.69) is 12.2 Å². The summed E-state index contributed by atoms with van der Waals surface area (Å²) in [5.41, 5.74) is 6.73. The van der Waals surface area contributed by atoms with Crippen LogP contribution in [-0.4, -0.2) is 18.5 Å². The first kappa shape index (κ1) is 15.4. The van der Waals surface area contributed by atoms with Gasteiger partial charge in [0.25, 0.3) is 5.91 Å². The van der Waals surface area contributed by atoms with Gasteiger partial charge in [0.15, 0.2) is 0 Å². The normalized spacial score (nSPS) is 11.7. The lowest BCUT2D eigenvalue weighted by molar-refractivity contribution is 0.0956. The molecule has 3 nitrogen and oxygen atoms in total. The van der Waals surface area contributed by atoms with Gasteiger partial charge in [0.2, 0.25) is 0 Å². The first-order valence-corrected chi connectivity index (χ1v) is 6.13. The summed E-state index contributed by atoms with van der Waals surface area (Å²) >= 11 is 1.50. The maximum Gasteiger partial charge on any atom is 0.261 e. The maximum absolute atomic E-state index is 11.7. The summed E-state index contributed by atoms with van der Waals surface area (Å²) < 4.78 is 0. The molecule has 3 N–H and O–H groups in total. The van der Waals surface area contributed by atoms with Crippen LogP contribution in [0.1, 0.15) is 35.5 Å². The molecule has 0 saturated heterocycles. The fourth-order valence-electron chi connectivity index (χ4n) is 1.31. The number of carbonyl (C=O) groups is 1. The lowest BCUT2D eigenvalue weighted by Crippen LogP contribution is -2.28. The van der Waals surface area contributed by atoms with Crippen molar-refractivity contribution in [3.63, 3.8) is 0 Å². The van der Waals surface area contributed by atoms with Crippen molar-refractivity contribution < 1.29 is 4.79 Å². The number of halogens is 1. The number of thiophene rings is 1. The van der Waals surface area contributed by atoms with Crippen molar-refractivity contribution >= 4 is 29.7 Å². The Hall–Kier alpha value is -0.580. The van der Waals surface area contributed by atoms with E-state index < -0.39 is 0 Å². The van der Waals surface area contributed by atoms with E-state index >= 15 is 0 Å². The highest BCUT2D eigenvalue weighted by Crippen LogP contribution is 2.16. The molecule has 0 aliphatic rings. The first-order valence-electron chi connectivity index (χ1n) is 5.25. The molecule has 0 aliphatic heterocycles. The minimum Gasteiger partial charge on any atom is -0.351 e. The fraction of sp³-hybridized carbons (Fsp3) is 0.545. The highest BCUT2D eigenvalue weighted by molar-refractivity contribution is 7.12. The molecule has 1 atom stereocenters. The van der Waals surface area contributed by atoms with Gasteiger partial charge >= 0.3 is 0 Å². The molecule has 92 valence electrons. The molecule has 1 heterocycles. The first-order chi connectivity index (χ1) is 7.15. The zero-order chi connectivity index (χ0) is 11.3. The summed E-state index contributed by atoms with van der Waals surface area (Å²) in [6.07, 6.45) is 1.72. The standard InChI is InChI=1S/C11H18N2OS.ClH/c1-3-9-5-7-15-10(9)11(14)13-6-4-8(2)12;/h5,7-8H,3-4,6,12H2,1-2H3,(H,13,14);1H. The summed E-state index contributed by atoms with van der Waals surface area (Å²) in [7, 11) is 0. The molecule has 0 spiro atoms.